The number of anilines is 1. The number of aromatic nitrogens is 3. The summed E-state index contributed by atoms with van der Waals surface area (Å²) in [6.07, 6.45) is 3.91. The maximum absolute atomic E-state index is 13.3. The van der Waals surface area contributed by atoms with Crippen molar-refractivity contribution in [2.24, 2.45) is 7.05 Å². The molecule has 4 heterocycles. The summed E-state index contributed by atoms with van der Waals surface area (Å²) in [7, 11) is 1.89. The van der Waals surface area contributed by atoms with E-state index in [9.17, 15) is 4.79 Å². The summed E-state index contributed by atoms with van der Waals surface area (Å²) >= 11 is 1.53. The fourth-order valence-electron chi connectivity index (χ4n) is 4.63. The molecule has 0 spiro atoms. The van der Waals surface area contributed by atoms with E-state index in [1.807, 2.05) is 84.7 Å². The van der Waals surface area contributed by atoms with Crippen molar-refractivity contribution < 1.29 is 9.53 Å². The zero-order chi connectivity index (χ0) is 25.2. The Morgan fingerprint density at radius 1 is 1.03 bits per heavy atom. The maximum atomic E-state index is 13.3. The average molecular weight is 510 g/mol. The predicted molar refractivity (Wildman–Crippen MR) is 148 cm³/mol. The van der Waals surface area contributed by atoms with Crippen LogP contribution in [0.2, 0.25) is 0 Å². The summed E-state index contributed by atoms with van der Waals surface area (Å²) in [5, 5.41) is 3.94. The van der Waals surface area contributed by atoms with Crippen LogP contribution < -0.4 is 5.32 Å². The molecule has 1 saturated heterocycles. The Labute approximate surface area is 219 Å². The Bertz CT molecular complexity index is 1550. The molecule has 3 aromatic heterocycles. The largest absolute Gasteiger partial charge is 0.379 e. The number of thiazole rings is 1. The van der Waals surface area contributed by atoms with Gasteiger partial charge in [0.05, 0.1) is 18.9 Å². The number of hydrogen-bond acceptors (Lipinski definition) is 6. The number of fused-ring (bicyclic) bond motifs is 1. The molecule has 6 rings (SSSR count). The molecule has 0 atom stereocenters. The van der Waals surface area contributed by atoms with Crippen LogP contribution in [0, 0.1) is 0 Å². The van der Waals surface area contributed by atoms with E-state index in [2.05, 4.69) is 21.3 Å². The molecule has 186 valence electrons. The smallest absolute Gasteiger partial charge is 0.272 e. The van der Waals surface area contributed by atoms with E-state index in [-0.39, 0.29) is 5.91 Å². The van der Waals surface area contributed by atoms with Crippen molar-refractivity contribution in [1.82, 2.24) is 19.4 Å². The lowest BCUT2D eigenvalue weighted by atomic mass is 10.1. The molecule has 1 amide bonds. The molecular weight excluding hydrogens is 482 g/mol. The Hall–Kier alpha value is -3.85. The standard InChI is InChI=1S/C29H27N5O2S/c1-33-19-22(21-7-3-2-4-8-21)16-26(33)27(35)31-24-10-6-5-9-23(24)28-32-25-15-20(17-30-29(25)37-28)18-34-11-13-36-14-12-34/h2-10,15-17,19H,11-14,18H2,1H3,(H,31,35). The number of aryl methyl sites for hydroxylation is 1. The van der Waals surface area contributed by atoms with Crippen LogP contribution in [0.4, 0.5) is 5.69 Å². The number of amides is 1. The number of para-hydroxylation sites is 1. The summed E-state index contributed by atoms with van der Waals surface area (Å²) in [5.41, 5.74) is 6.30. The molecule has 8 heteroatoms. The normalized spacial score (nSPS) is 14.2. The summed E-state index contributed by atoms with van der Waals surface area (Å²) in [6.45, 7) is 4.25. The zero-order valence-electron chi connectivity index (χ0n) is 20.6. The lowest BCUT2D eigenvalue weighted by molar-refractivity contribution is 0.0341. The van der Waals surface area contributed by atoms with Gasteiger partial charge in [-0.15, -0.1) is 0 Å². The first-order valence-electron chi connectivity index (χ1n) is 12.3. The van der Waals surface area contributed by atoms with Crippen LogP contribution in [0.15, 0.2) is 79.1 Å². The van der Waals surface area contributed by atoms with E-state index in [0.29, 0.717) is 5.69 Å². The second-order valence-electron chi connectivity index (χ2n) is 9.17. The highest BCUT2D eigenvalue weighted by molar-refractivity contribution is 7.21. The van der Waals surface area contributed by atoms with E-state index >= 15 is 0 Å². The third kappa shape index (κ3) is 5.04. The number of benzene rings is 2. The van der Waals surface area contributed by atoms with Gasteiger partial charge in [-0.05, 0) is 35.4 Å². The molecule has 0 bridgehead atoms. The molecule has 1 N–H and O–H groups in total. The molecule has 7 nitrogen and oxygen atoms in total. The van der Waals surface area contributed by atoms with Crippen LogP contribution in [0.25, 0.3) is 32.0 Å². The van der Waals surface area contributed by atoms with E-state index in [0.717, 1.165) is 76.1 Å². The SMILES string of the molecule is Cn1cc(-c2ccccc2)cc1C(=O)Nc1ccccc1-c1nc2cc(CN3CCOCC3)cnc2s1. The van der Waals surface area contributed by atoms with Gasteiger partial charge in [-0.1, -0.05) is 53.8 Å². The second-order valence-corrected chi connectivity index (χ2v) is 10.1. The Morgan fingerprint density at radius 3 is 2.65 bits per heavy atom. The van der Waals surface area contributed by atoms with Crippen LogP contribution >= 0.6 is 11.3 Å². The third-order valence-electron chi connectivity index (χ3n) is 6.56. The van der Waals surface area contributed by atoms with Crippen LogP contribution in [0.5, 0.6) is 0 Å². The number of carbonyl (C=O) groups excluding carboxylic acids is 1. The van der Waals surface area contributed by atoms with Gasteiger partial charge >= 0.3 is 0 Å². The topological polar surface area (TPSA) is 72.3 Å². The fourth-order valence-corrected chi connectivity index (χ4v) is 5.56. The first kappa shape index (κ1) is 23.5. The van der Waals surface area contributed by atoms with Gasteiger partial charge < -0.3 is 14.6 Å². The van der Waals surface area contributed by atoms with Crippen molar-refractivity contribution in [3.8, 4) is 21.7 Å². The van der Waals surface area contributed by atoms with Gasteiger partial charge in [-0.3, -0.25) is 9.69 Å². The zero-order valence-corrected chi connectivity index (χ0v) is 21.4. The Morgan fingerprint density at radius 2 is 1.81 bits per heavy atom. The van der Waals surface area contributed by atoms with E-state index in [1.54, 1.807) is 0 Å². The minimum atomic E-state index is -0.163. The minimum absolute atomic E-state index is 0.163. The molecule has 0 unspecified atom stereocenters. The molecular formula is C29H27N5O2S. The number of ether oxygens (including phenoxy) is 1. The van der Waals surface area contributed by atoms with Crippen LogP contribution in [-0.4, -0.2) is 51.6 Å². The first-order valence-corrected chi connectivity index (χ1v) is 13.1. The lowest BCUT2D eigenvalue weighted by Gasteiger charge is -2.26. The van der Waals surface area contributed by atoms with Gasteiger partial charge in [-0.25, -0.2) is 9.97 Å². The number of hydrogen-bond donors (Lipinski definition) is 1. The molecule has 0 radical (unpaired) electrons. The van der Waals surface area contributed by atoms with Gasteiger partial charge in [0, 0.05) is 50.2 Å². The summed E-state index contributed by atoms with van der Waals surface area (Å²) < 4.78 is 7.31. The van der Waals surface area contributed by atoms with Crippen molar-refractivity contribution >= 4 is 33.3 Å². The van der Waals surface area contributed by atoms with Crippen molar-refractivity contribution in [1.29, 1.82) is 0 Å². The van der Waals surface area contributed by atoms with Crippen molar-refractivity contribution in [2.75, 3.05) is 31.6 Å². The number of nitrogens with zero attached hydrogens (tertiary/aromatic N) is 4. The Kier molecular flexibility index (Phi) is 6.53. The first-order chi connectivity index (χ1) is 18.1. The molecule has 1 aliphatic heterocycles. The van der Waals surface area contributed by atoms with Crippen LogP contribution in [-0.2, 0) is 18.3 Å². The van der Waals surface area contributed by atoms with Gasteiger partial charge in [-0.2, -0.15) is 0 Å². The van der Waals surface area contributed by atoms with Crippen LogP contribution in [0.1, 0.15) is 16.1 Å². The van der Waals surface area contributed by atoms with Gasteiger partial charge in [0.1, 0.15) is 21.0 Å². The quantitative estimate of drug-likeness (QED) is 0.330. The molecule has 0 saturated carbocycles. The van der Waals surface area contributed by atoms with Gasteiger partial charge in [0.15, 0.2) is 0 Å². The summed E-state index contributed by atoms with van der Waals surface area (Å²) in [6, 6.07) is 21.9. The summed E-state index contributed by atoms with van der Waals surface area (Å²) in [5.74, 6) is -0.163. The Balaban J connectivity index is 1.25. The van der Waals surface area contributed by atoms with Crippen molar-refractivity contribution in [3.05, 3.63) is 90.4 Å². The number of carbonyl (C=O) groups is 1. The molecule has 1 fully saturated rings. The maximum Gasteiger partial charge on any atom is 0.272 e. The predicted octanol–water partition coefficient (Wildman–Crippen LogP) is 5.45. The second kappa shape index (κ2) is 10.3. The lowest BCUT2D eigenvalue weighted by Crippen LogP contribution is -2.35. The number of rotatable bonds is 6. The fraction of sp³-hybridized carbons (Fsp3) is 0.207. The molecule has 2 aromatic carbocycles. The average Bonchev–Trinajstić information content (AvgIpc) is 3.53. The van der Waals surface area contributed by atoms with E-state index in [1.165, 1.54) is 11.3 Å². The highest BCUT2D eigenvalue weighted by Crippen LogP contribution is 2.34. The molecule has 37 heavy (non-hydrogen) atoms. The number of morpholine rings is 1. The van der Waals surface area contributed by atoms with E-state index in [4.69, 9.17) is 9.72 Å². The highest BCUT2D eigenvalue weighted by atomic mass is 32.1. The highest BCUT2D eigenvalue weighted by Gasteiger charge is 2.18. The minimum Gasteiger partial charge on any atom is -0.379 e. The molecule has 1 aliphatic rings. The summed E-state index contributed by atoms with van der Waals surface area (Å²) in [4.78, 5) is 26.1. The van der Waals surface area contributed by atoms with Crippen molar-refractivity contribution in [2.45, 2.75) is 6.54 Å². The van der Waals surface area contributed by atoms with Gasteiger partial charge in [0.25, 0.3) is 5.91 Å². The van der Waals surface area contributed by atoms with Gasteiger partial charge in [0.2, 0.25) is 0 Å². The number of nitrogens with one attached hydrogen (secondary N) is 1. The number of pyridine rings is 1. The molecule has 5 aromatic rings. The monoisotopic (exact) mass is 509 g/mol. The van der Waals surface area contributed by atoms with E-state index < -0.39 is 0 Å². The van der Waals surface area contributed by atoms with Crippen molar-refractivity contribution in [3.63, 3.8) is 0 Å². The van der Waals surface area contributed by atoms with Crippen LogP contribution in [0.3, 0.4) is 0 Å². The third-order valence-corrected chi connectivity index (χ3v) is 7.58. The molecule has 0 aliphatic carbocycles.